The molecule has 0 aromatic carbocycles. The molecule has 8 nitrogen and oxygen atoms in total. The van der Waals surface area contributed by atoms with Crippen molar-refractivity contribution in [3.63, 3.8) is 0 Å². The Morgan fingerprint density at radius 1 is 0.640 bits per heavy atom. The smallest absolute Gasteiger partial charge is 0.382 e. The van der Waals surface area contributed by atoms with Gasteiger partial charge in [-0.15, -0.1) is 0 Å². The van der Waals surface area contributed by atoms with E-state index in [1.54, 1.807) is 0 Å². The van der Waals surface area contributed by atoms with Crippen LogP contribution >= 0.6 is 0 Å². The molecule has 0 saturated carbocycles. The standard InChI is InChI=1S/C16H36N2O6S/c1-3-21-13-5-9-17-11-7-15-23-25(19,20)24-16-8-12-18-10-6-14-22-4-2/h17-18H,3-16H2,1-2H3. The van der Waals surface area contributed by atoms with Gasteiger partial charge in [0, 0.05) is 26.4 Å². The molecule has 25 heavy (non-hydrogen) atoms. The van der Waals surface area contributed by atoms with Gasteiger partial charge in [-0.25, -0.2) is 8.37 Å². The first kappa shape index (κ1) is 24.7. The molecule has 152 valence electrons. The van der Waals surface area contributed by atoms with E-state index >= 15 is 0 Å². The number of hydrogen-bond acceptors (Lipinski definition) is 8. The van der Waals surface area contributed by atoms with Crippen molar-refractivity contribution in [1.29, 1.82) is 0 Å². The van der Waals surface area contributed by atoms with Crippen LogP contribution in [0.4, 0.5) is 0 Å². The Morgan fingerprint density at radius 3 is 1.36 bits per heavy atom. The Hall–Kier alpha value is -0.290. The lowest BCUT2D eigenvalue weighted by atomic mass is 10.4. The van der Waals surface area contributed by atoms with Gasteiger partial charge >= 0.3 is 10.4 Å². The molecule has 0 amide bonds. The van der Waals surface area contributed by atoms with Gasteiger partial charge in [-0.1, -0.05) is 0 Å². The minimum Gasteiger partial charge on any atom is -0.382 e. The topological polar surface area (TPSA) is 95.1 Å². The number of nitrogens with one attached hydrogen (secondary N) is 2. The Kier molecular flexibility index (Phi) is 18.3. The molecule has 0 radical (unpaired) electrons. The second-order valence-electron chi connectivity index (χ2n) is 5.36. The molecule has 0 aromatic heterocycles. The highest BCUT2D eigenvalue weighted by Crippen LogP contribution is 1.98. The largest absolute Gasteiger partial charge is 0.399 e. The van der Waals surface area contributed by atoms with Crippen LogP contribution in [0.5, 0.6) is 0 Å². The van der Waals surface area contributed by atoms with Crippen molar-refractivity contribution in [2.45, 2.75) is 39.5 Å². The first-order valence-electron chi connectivity index (χ1n) is 9.23. The van der Waals surface area contributed by atoms with Crippen LogP contribution in [0.2, 0.25) is 0 Å². The zero-order valence-electron chi connectivity index (χ0n) is 15.8. The van der Waals surface area contributed by atoms with Crippen LogP contribution in [0, 0.1) is 0 Å². The fraction of sp³-hybridized carbons (Fsp3) is 1.00. The van der Waals surface area contributed by atoms with E-state index in [9.17, 15) is 8.42 Å². The first-order valence-corrected chi connectivity index (χ1v) is 10.6. The van der Waals surface area contributed by atoms with Gasteiger partial charge in [0.15, 0.2) is 0 Å². The van der Waals surface area contributed by atoms with Crippen LogP contribution in [0.15, 0.2) is 0 Å². The summed E-state index contributed by atoms with van der Waals surface area (Å²) in [5, 5.41) is 6.40. The lowest BCUT2D eigenvalue weighted by Gasteiger charge is -2.08. The van der Waals surface area contributed by atoms with Crippen molar-refractivity contribution in [3.05, 3.63) is 0 Å². The Morgan fingerprint density at radius 2 is 1.00 bits per heavy atom. The monoisotopic (exact) mass is 384 g/mol. The fourth-order valence-electron chi connectivity index (χ4n) is 1.89. The van der Waals surface area contributed by atoms with Gasteiger partial charge in [-0.3, -0.25) is 0 Å². The van der Waals surface area contributed by atoms with Crippen LogP contribution in [0.3, 0.4) is 0 Å². The average molecular weight is 385 g/mol. The number of hydrogen-bond donors (Lipinski definition) is 2. The highest BCUT2D eigenvalue weighted by atomic mass is 32.3. The normalized spacial score (nSPS) is 11.9. The summed E-state index contributed by atoms with van der Waals surface area (Å²) in [6.45, 7) is 10.2. The second kappa shape index (κ2) is 18.5. The molecular weight excluding hydrogens is 348 g/mol. The highest BCUT2D eigenvalue weighted by molar-refractivity contribution is 7.81. The summed E-state index contributed by atoms with van der Waals surface area (Å²) in [4.78, 5) is 0. The van der Waals surface area contributed by atoms with E-state index in [1.807, 2.05) is 13.8 Å². The summed E-state index contributed by atoms with van der Waals surface area (Å²) in [5.41, 5.74) is 0. The predicted octanol–water partition coefficient (Wildman–Crippen LogP) is 1.08. The fourth-order valence-corrected chi connectivity index (χ4v) is 2.60. The summed E-state index contributed by atoms with van der Waals surface area (Å²) in [6.07, 6.45) is 3.10. The summed E-state index contributed by atoms with van der Waals surface area (Å²) >= 11 is 0. The molecule has 0 bridgehead atoms. The van der Waals surface area contributed by atoms with Gasteiger partial charge in [0.2, 0.25) is 0 Å². The van der Waals surface area contributed by atoms with Crippen molar-refractivity contribution < 1.29 is 26.3 Å². The van der Waals surface area contributed by atoms with Gasteiger partial charge in [0.05, 0.1) is 13.2 Å². The molecule has 0 spiro atoms. The maximum Gasteiger partial charge on any atom is 0.399 e. The van der Waals surface area contributed by atoms with E-state index in [0.29, 0.717) is 25.9 Å². The molecule has 0 rings (SSSR count). The van der Waals surface area contributed by atoms with Crippen molar-refractivity contribution in [2.75, 3.05) is 65.8 Å². The Labute approximate surface area is 153 Å². The van der Waals surface area contributed by atoms with Crippen LogP contribution in [0.25, 0.3) is 0 Å². The minimum atomic E-state index is -3.89. The predicted molar refractivity (Wildman–Crippen MR) is 98.0 cm³/mol. The third-order valence-electron chi connectivity index (χ3n) is 3.14. The van der Waals surface area contributed by atoms with Crippen molar-refractivity contribution in [1.82, 2.24) is 10.6 Å². The SMILES string of the molecule is CCOCCCNCCCOS(=O)(=O)OCCCNCCCOCC. The number of ether oxygens (including phenoxy) is 2. The van der Waals surface area contributed by atoms with Gasteiger partial charge in [0.25, 0.3) is 0 Å². The summed E-state index contributed by atoms with van der Waals surface area (Å²) in [5.74, 6) is 0. The molecule has 0 aliphatic heterocycles. The maximum absolute atomic E-state index is 11.5. The van der Waals surface area contributed by atoms with E-state index in [2.05, 4.69) is 10.6 Å². The quantitative estimate of drug-likeness (QED) is 0.301. The van der Waals surface area contributed by atoms with Gasteiger partial charge < -0.3 is 20.1 Å². The molecule has 9 heteroatoms. The molecule has 0 atom stereocenters. The molecule has 0 heterocycles. The van der Waals surface area contributed by atoms with E-state index in [1.165, 1.54) is 0 Å². The molecule has 0 saturated heterocycles. The van der Waals surface area contributed by atoms with Crippen LogP contribution < -0.4 is 10.6 Å². The lowest BCUT2D eigenvalue weighted by molar-refractivity contribution is 0.144. The maximum atomic E-state index is 11.5. The Balaban J connectivity index is 3.35. The molecule has 0 aliphatic carbocycles. The van der Waals surface area contributed by atoms with E-state index in [-0.39, 0.29) is 13.2 Å². The van der Waals surface area contributed by atoms with Gasteiger partial charge in [-0.2, -0.15) is 8.42 Å². The highest BCUT2D eigenvalue weighted by Gasteiger charge is 2.10. The summed E-state index contributed by atoms with van der Waals surface area (Å²) in [7, 11) is -3.89. The average Bonchev–Trinajstić information content (AvgIpc) is 2.59. The zero-order valence-corrected chi connectivity index (χ0v) is 16.6. The summed E-state index contributed by atoms with van der Waals surface area (Å²) < 4.78 is 43.1. The van der Waals surface area contributed by atoms with Crippen molar-refractivity contribution in [3.8, 4) is 0 Å². The second-order valence-corrected chi connectivity index (χ2v) is 6.65. The van der Waals surface area contributed by atoms with Crippen LogP contribution in [0.1, 0.15) is 39.5 Å². The molecule has 2 N–H and O–H groups in total. The molecule has 0 aliphatic rings. The van der Waals surface area contributed by atoms with Crippen LogP contribution in [-0.2, 0) is 28.2 Å². The molecular formula is C16H36N2O6S. The first-order chi connectivity index (χ1) is 12.1. The van der Waals surface area contributed by atoms with Gasteiger partial charge in [-0.05, 0) is 65.7 Å². The molecule has 0 unspecified atom stereocenters. The molecule has 0 fully saturated rings. The van der Waals surface area contributed by atoms with Crippen molar-refractivity contribution >= 4 is 10.4 Å². The number of rotatable bonds is 20. The third-order valence-corrected chi connectivity index (χ3v) is 4.05. The van der Waals surface area contributed by atoms with Crippen molar-refractivity contribution in [2.24, 2.45) is 0 Å². The van der Waals surface area contributed by atoms with E-state index in [0.717, 1.165) is 52.4 Å². The third kappa shape index (κ3) is 19.9. The van der Waals surface area contributed by atoms with Gasteiger partial charge in [0.1, 0.15) is 0 Å². The lowest BCUT2D eigenvalue weighted by Crippen LogP contribution is -2.22. The van der Waals surface area contributed by atoms with E-state index in [4.69, 9.17) is 17.8 Å². The zero-order chi connectivity index (χ0) is 18.6. The van der Waals surface area contributed by atoms with Crippen LogP contribution in [-0.4, -0.2) is 74.2 Å². The Bertz CT molecular complexity index is 340. The minimum absolute atomic E-state index is 0.121. The van der Waals surface area contributed by atoms with E-state index < -0.39 is 10.4 Å². The summed E-state index contributed by atoms with van der Waals surface area (Å²) in [6, 6.07) is 0. The molecule has 0 aromatic rings.